The van der Waals surface area contributed by atoms with Gasteiger partial charge in [-0.1, -0.05) is 30.3 Å². The number of benzene rings is 1. The van der Waals surface area contributed by atoms with Crippen LogP contribution in [-0.2, 0) is 16.6 Å². The molecule has 1 aromatic heterocycles. The van der Waals surface area contributed by atoms with Crippen molar-refractivity contribution in [2.45, 2.75) is 25.4 Å². The lowest BCUT2D eigenvalue weighted by Crippen LogP contribution is -2.43. The van der Waals surface area contributed by atoms with E-state index in [1.165, 1.54) is 0 Å². The first-order valence-electron chi connectivity index (χ1n) is 9.77. The van der Waals surface area contributed by atoms with Crippen LogP contribution in [0.1, 0.15) is 29.6 Å². The summed E-state index contributed by atoms with van der Waals surface area (Å²) in [5.41, 5.74) is 2.38. The molecule has 7 nitrogen and oxygen atoms in total. The maximum atomic E-state index is 13.2. The Morgan fingerprint density at radius 1 is 1.14 bits per heavy atom. The normalized spacial score (nSPS) is 23.1. The number of rotatable bonds is 4. The average Bonchev–Trinajstić information content (AvgIpc) is 3.35. The molecule has 1 N–H and O–H groups in total. The average molecular weight is 383 g/mol. The highest BCUT2D eigenvalue weighted by Crippen LogP contribution is 2.34. The largest absolute Gasteiger partial charge is 0.481 e. The fourth-order valence-corrected chi connectivity index (χ4v) is 4.47. The van der Waals surface area contributed by atoms with Gasteiger partial charge in [-0.25, -0.2) is 0 Å². The van der Waals surface area contributed by atoms with Gasteiger partial charge in [0.15, 0.2) is 0 Å². The van der Waals surface area contributed by atoms with Crippen LogP contribution < -0.4 is 0 Å². The minimum Gasteiger partial charge on any atom is -0.481 e. The van der Waals surface area contributed by atoms with Crippen molar-refractivity contribution in [3.8, 4) is 11.3 Å². The molecule has 2 atom stereocenters. The van der Waals surface area contributed by atoms with E-state index in [-0.39, 0.29) is 17.9 Å². The topological polar surface area (TPSA) is 84.7 Å². The van der Waals surface area contributed by atoms with Crippen LogP contribution in [0.15, 0.2) is 36.5 Å². The Balaban J connectivity index is 1.46. The molecule has 0 spiro atoms. The second-order valence-corrected chi connectivity index (χ2v) is 7.59. The van der Waals surface area contributed by atoms with Gasteiger partial charge in [-0.05, 0) is 25.2 Å². The Morgan fingerprint density at radius 2 is 1.86 bits per heavy atom. The van der Waals surface area contributed by atoms with Gasteiger partial charge in [0.05, 0.1) is 29.5 Å². The zero-order valence-corrected chi connectivity index (χ0v) is 16.0. The maximum absolute atomic E-state index is 13.2. The molecule has 1 amide bonds. The molecule has 0 aliphatic carbocycles. The monoisotopic (exact) mass is 383 g/mol. The zero-order valence-electron chi connectivity index (χ0n) is 16.0. The van der Waals surface area contributed by atoms with Crippen LogP contribution in [0.5, 0.6) is 0 Å². The van der Waals surface area contributed by atoms with Crippen LogP contribution >= 0.6 is 0 Å². The second kappa shape index (κ2) is 7.75. The summed E-state index contributed by atoms with van der Waals surface area (Å²) >= 11 is 0. The van der Waals surface area contributed by atoms with E-state index in [0.29, 0.717) is 31.7 Å². The summed E-state index contributed by atoms with van der Waals surface area (Å²) in [4.78, 5) is 26.4. The van der Waals surface area contributed by atoms with Gasteiger partial charge >= 0.3 is 5.97 Å². The number of carboxylic acid groups (broad SMARTS) is 1. The molecule has 0 bridgehead atoms. The summed E-state index contributed by atoms with van der Waals surface area (Å²) in [7, 11) is 1.84. The standard InChI is InChI=1S/C21H25N3O4/c1-23-18(14-5-3-2-4-6-14)17(13-22-23)20(25)24-10-7-15(8-11-24)19-16(21(26)27)9-12-28-19/h2-6,13,15-16,19H,7-12H2,1H3,(H,26,27)/t16?,19-/m0/s1. The molecular formula is C21H25N3O4. The Hall–Kier alpha value is -2.67. The number of likely N-dealkylation sites (tertiary alicyclic amines) is 1. The van der Waals surface area contributed by atoms with Gasteiger partial charge in [0.1, 0.15) is 0 Å². The smallest absolute Gasteiger partial charge is 0.309 e. The first kappa shape index (κ1) is 18.7. The van der Waals surface area contributed by atoms with E-state index >= 15 is 0 Å². The molecule has 2 aliphatic heterocycles. The van der Waals surface area contributed by atoms with Crippen molar-refractivity contribution >= 4 is 11.9 Å². The number of hydrogen-bond donors (Lipinski definition) is 1. The summed E-state index contributed by atoms with van der Waals surface area (Å²) < 4.78 is 7.46. The Morgan fingerprint density at radius 3 is 2.54 bits per heavy atom. The molecule has 4 rings (SSSR count). The first-order valence-corrected chi connectivity index (χ1v) is 9.77. The van der Waals surface area contributed by atoms with E-state index < -0.39 is 11.9 Å². The number of carboxylic acids is 1. The van der Waals surface area contributed by atoms with E-state index in [1.54, 1.807) is 10.9 Å². The number of piperidine rings is 1. The number of carbonyl (C=O) groups excluding carboxylic acids is 1. The van der Waals surface area contributed by atoms with Crippen molar-refractivity contribution < 1.29 is 19.4 Å². The highest BCUT2D eigenvalue weighted by atomic mass is 16.5. The molecule has 2 aromatic rings. The summed E-state index contributed by atoms with van der Waals surface area (Å²) in [5, 5.41) is 13.7. The highest BCUT2D eigenvalue weighted by Gasteiger charge is 2.41. The molecule has 28 heavy (non-hydrogen) atoms. The Bertz CT molecular complexity index is 856. The minimum atomic E-state index is -0.774. The quantitative estimate of drug-likeness (QED) is 0.877. The fourth-order valence-electron chi connectivity index (χ4n) is 4.47. The van der Waals surface area contributed by atoms with Crippen molar-refractivity contribution in [3.63, 3.8) is 0 Å². The van der Waals surface area contributed by atoms with Gasteiger partial charge in [0, 0.05) is 32.3 Å². The SMILES string of the molecule is Cn1ncc(C(=O)N2CCC([C@@H]3OCCC3C(=O)O)CC2)c1-c1ccccc1. The van der Waals surface area contributed by atoms with E-state index in [2.05, 4.69) is 5.10 Å². The lowest BCUT2D eigenvalue weighted by molar-refractivity contribution is -0.145. The zero-order chi connectivity index (χ0) is 19.7. The van der Waals surface area contributed by atoms with Gasteiger partial charge in [0.2, 0.25) is 0 Å². The van der Waals surface area contributed by atoms with Crippen LogP contribution in [0.25, 0.3) is 11.3 Å². The molecule has 148 valence electrons. The number of amides is 1. The van der Waals surface area contributed by atoms with E-state index in [0.717, 1.165) is 24.1 Å². The third-order valence-corrected chi connectivity index (χ3v) is 5.96. The van der Waals surface area contributed by atoms with E-state index in [9.17, 15) is 14.7 Å². The van der Waals surface area contributed by atoms with Crippen LogP contribution in [0.3, 0.4) is 0 Å². The maximum Gasteiger partial charge on any atom is 0.309 e. The number of aromatic nitrogens is 2. The number of ether oxygens (including phenoxy) is 1. The van der Waals surface area contributed by atoms with Crippen molar-refractivity contribution in [1.82, 2.24) is 14.7 Å². The molecule has 2 saturated heterocycles. The Labute approximate surface area is 163 Å². The number of carbonyl (C=O) groups is 2. The van der Waals surface area contributed by atoms with Gasteiger partial charge < -0.3 is 14.7 Å². The molecule has 7 heteroatoms. The lowest BCUT2D eigenvalue weighted by Gasteiger charge is -2.35. The molecule has 0 radical (unpaired) electrons. The third kappa shape index (κ3) is 3.42. The number of hydrogen-bond acceptors (Lipinski definition) is 4. The van der Waals surface area contributed by atoms with Crippen molar-refractivity contribution in [2.24, 2.45) is 18.9 Å². The van der Waals surface area contributed by atoms with Crippen molar-refractivity contribution in [2.75, 3.05) is 19.7 Å². The van der Waals surface area contributed by atoms with Gasteiger partial charge in [-0.3, -0.25) is 14.3 Å². The van der Waals surface area contributed by atoms with Crippen molar-refractivity contribution in [1.29, 1.82) is 0 Å². The second-order valence-electron chi connectivity index (χ2n) is 7.59. The molecule has 2 aliphatic rings. The Kier molecular flexibility index (Phi) is 5.17. The van der Waals surface area contributed by atoms with Crippen molar-refractivity contribution in [3.05, 3.63) is 42.1 Å². The van der Waals surface area contributed by atoms with Gasteiger partial charge in [-0.15, -0.1) is 0 Å². The highest BCUT2D eigenvalue weighted by molar-refractivity contribution is 6.00. The fraction of sp³-hybridized carbons (Fsp3) is 0.476. The molecule has 2 fully saturated rings. The van der Waals surface area contributed by atoms with E-state index in [4.69, 9.17) is 4.74 Å². The van der Waals surface area contributed by atoms with Crippen LogP contribution in [0, 0.1) is 11.8 Å². The third-order valence-electron chi connectivity index (χ3n) is 5.96. The molecule has 1 unspecified atom stereocenters. The number of aliphatic carboxylic acids is 1. The minimum absolute atomic E-state index is 0.0208. The molecule has 0 saturated carbocycles. The number of nitrogens with zero attached hydrogens (tertiary/aromatic N) is 3. The molecule has 3 heterocycles. The van der Waals surface area contributed by atoms with Crippen LogP contribution in [-0.4, -0.2) is 57.5 Å². The first-order chi connectivity index (χ1) is 13.6. The van der Waals surface area contributed by atoms with Crippen LogP contribution in [0.2, 0.25) is 0 Å². The summed E-state index contributed by atoms with van der Waals surface area (Å²) in [6.45, 7) is 1.73. The van der Waals surface area contributed by atoms with Crippen LogP contribution in [0.4, 0.5) is 0 Å². The summed E-state index contributed by atoms with van der Waals surface area (Å²) in [6.07, 6.45) is 3.52. The predicted molar refractivity (Wildman–Crippen MR) is 103 cm³/mol. The summed E-state index contributed by atoms with van der Waals surface area (Å²) in [5.74, 6) is -1.03. The number of aryl methyl sites for hydroxylation is 1. The van der Waals surface area contributed by atoms with E-state index in [1.807, 2.05) is 42.3 Å². The van der Waals surface area contributed by atoms with Gasteiger partial charge in [0.25, 0.3) is 5.91 Å². The predicted octanol–water partition coefficient (Wildman–Crippen LogP) is 2.43. The van der Waals surface area contributed by atoms with Gasteiger partial charge in [-0.2, -0.15) is 5.10 Å². The molecular weight excluding hydrogens is 358 g/mol. The lowest BCUT2D eigenvalue weighted by atomic mass is 9.84. The summed E-state index contributed by atoms with van der Waals surface area (Å²) in [6, 6.07) is 9.79. The molecule has 1 aromatic carbocycles.